The van der Waals surface area contributed by atoms with Crippen molar-refractivity contribution in [3.8, 4) is 0 Å². The Labute approximate surface area is 72.4 Å². The van der Waals surface area contributed by atoms with Gasteiger partial charge in [-0.15, -0.1) is 12.4 Å². The summed E-state index contributed by atoms with van der Waals surface area (Å²) in [6.45, 7) is 1.68. The molecule has 0 amide bonds. The summed E-state index contributed by atoms with van der Waals surface area (Å²) >= 11 is 0. The Morgan fingerprint density at radius 3 is 2.91 bits per heavy atom. The molecule has 1 unspecified atom stereocenters. The molecule has 1 heterocycles. The largest absolute Gasteiger partial charge is 0.314 e. The number of halogens is 1. The summed E-state index contributed by atoms with van der Waals surface area (Å²) < 4.78 is 0. The molecule has 0 saturated carbocycles. The highest BCUT2D eigenvalue weighted by Crippen LogP contribution is 2.06. The highest BCUT2D eigenvalue weighted by molar-refractivity contribution is 5.85. The first kappa shape index (κ1) is 10.6. The van der Waals surface area contributed by atoms with Crippen molar-refractivity contribution in [2.75, 3.05) is 13.1 Å². The van der Waals surface area contributed by atoms with E-state index in [0.29, 0.717) is 12.6 Å². The van der Waals surface area contributed by atoms with Gasteiger partial charge in [0.05, 0.1) is 0 Å². The maximum Gasteiger partial charge on any atom is 0.0412 e. The maximum absolute atomic E-state index is 8.03. The van der Waals surface area contributed by atoms with Crippen LogP contribution in [-0.4, -0.2) is 19.1 Å². The van der Waals surface area contributed by atoms with Gasteiger partial charge in [-0.2, -0.15) is 0 Å². The van der Waals surface area contributed by atoms with E-state index in [4.69, 9.17) is 5.53 Å². The number of hydrogen-bond acceptors (Lipinski definition) is 2. The summed E-state index contributed by atoms with van der Waals surface area (Å²) in [4.78, 5) is 2.71. The molecule has 1 N–H and O–H groups in total. The molecule has 4 nitrogen and oxygen atoms in total. The molecule has 0 aliphatic carbocycles. The van der Waals surface area contributed by atoms with Gasteiger partial charge in [-0.1, -0.05) is 11.5 Å². The molecular weight excluding hydrogens is 164 g/mol. The first-order valence-corrected chi connectivity index (χ1v) is 3.67. The minimum Gasteiger partial charge on any atom is -0.314 e. The van der Waals surface area contributed by atoms with E-state index < -0.39 is 0 Å². The summed E-state index contributed by atoms with van der Waals surface area (Å²) in [6.07, 6.45) is 3.67. The molecule has 0 spiro atoms. The van der Waals surface area contributed by atoms with E-state index in [1.54, 1.807) is 0 Å². The Hall–Kier alpha value is -0.440. The summed E-state index contributed by atoms with van der Waals surface area (Å²) in [5.41, 5.74) is 8.03. The predicted molar refractivity (Wildman–Crippen MR) is 46.9 cm³/mol. The van der Waals surface area contributed by atoms with Crippen LogP contribution in [0.25, 0.3) is 10.4 Å². The van der Waals surface area contributed by atoms with Gasteiger partial charge >= 0.3 is 0 Å². The van der Waals surface area contributed by atoms with Crippen molar-refractivity contribution in [3.05, 3.63) is 10.4 Å². The van der Waals surface area contributed by atoms with E-state index in [1.807, 2.05) is 0 Å². The number of azide groups is 1. The second kappa shape index (κ2) is 6.28. The topological polar surface area (TPSA) is 60.8 Å². The molecule has 1 aliphatic heterocycles. The van der Waals surface area contributed by atoms with Crippen molar-refractivity contribution in [1.29, 1.82) is 0 Å². The number of nitrogens with zero attached hydrogens (tertiary/aromatic N) is 3. The third-order valence-electron chi connectivity index (χ3n) is 1.78. The second-order valence-corrected chi connectivity index (χ2v) is 2.56. The van der Waals surface area contributed by atoms with Gasteiger partial charge in [-0.3, -0.25) is 0 Å². The Kier molecular flexibility index (Phi) is 6.03. The van der Waals surface area contributed by atoms with E-state index in [2.05, 4.69) is 15.3 Å². The van der Waals surface area contributed by atoms with Crippen LogP contribution in [0.2, 0.25) is 0 Å². The Morgan fingerprint density at radius 2 is 2.36 bits per heavy atom. The minimum atomic E-state index is 0. The van der Waals surface area contributed by atoms with E-state index in [1.165, 1.54) is 12.8 Å². The fourth-order valence-corrected chi connectivity index (χ4v) is 1.21. The van der Waals surface area contributed by atoms with Crippen LogP contribution in [0.1, 0.15) is 19.3 Å². The first-order chi connectivity index (χ1) is 4.93. The van der Waals surface area contributed by atoms with Gasteiger partial charge in [0.2, 0.25) is 0 Å². The fraction of sp³-hybridized carbons (Fsp3) is 1.00. The maximum atomic E-state index is 8.03. The normalized spacial score (nSPS) is 23.1. The lowest BCUT2D eigenvalue weighted by atomic mass is 10.1. The first-order valence-electron chi connectivity index (χ1n) is 3.67. The highest BCUT2D eigenvalue weighted by Gasteiger charge is 2.09. The van der Waals surface area contributed by atoms with Crippen LogP contribution in [0, 0.1) is 0 Å². The third-order valence-corrected chi connectivity index (χ3v) is 1.78. The monoisotopic (exact) mass is 176 g/mol. The van der Waals surface area contributed by atoms with Crippen molar-refractivity contribution in [1.82, 2.24) is 5.32 Å². The minimum absolute atomic E-state index is 0. The van der Waals surface area contributed by atoms with E-state index >= 15 is 0 Å². The molecule has 1 fully saturated rings. The van der Waals surface area contributed by atoms with Crippen molar-refractivity contribution >= 4 is 12.4 Å². The second-order valence-electron chi connectivity index (χ2n) is 2.56. The van der Waals surface area contributed by atoms with Crippen LogP contribution in [0.15, 0.2) is 5.11 Å². The Bertz CT molecular complexity index is 138. The summed E-state index contributed by atoms with van der Waals surface area (Å²) in [6, 6.07) is 0.435. The molecular formula is C6H13ClN4. The summed E-state index contributed by atoms with van der Waals surface area (Å²) in [7, 11) is 0. The predicted octanol–water partition coefficient (Wildman–Crippen LogP) is 1.86. The third kappa shape index (κ3) is 4.09. The van der Waals surface area contributed by atoms with Gasteiger partial charge in [0, 0.05) is 17.5 Å². The van der Waals surface area contributed by atoms with Crippen LogP contribution in [0.5, 0.6) is 0 Å². The van der Waals surface area contributed by atoms with Gasteiger partial charge in [0.25, 0.3) is 0 Å². The lowest BCUT2D eigenvalue weighted by Crippen LogP contribution is -2.35. The quantitative estimate of drug-likeness (QED) is 0.390. The number of piperidine rings is 1. The molecule has 11 heavy (non-hydrogen) atoms. The molecule has 0 bridgehead atoms. The van der Waals surface area contributed by atoms with Crippen LogP contribution < -0.4 is 5.32 Å². The number of nitrogens with one attached hydrogen (secondary N) is 1. The van der Waals surface area contributed by atoms with Gasteiger partial charge in [-0.05, 0) is 24.9 Å². The lowest BCUT2D eigenvalue weighted by Gasteiger charge is -2.21. The molecule has 1 atom stereocenters. The SMILES string of the molecule is Cl.[N-]=[N+]=NCC1CCCCN1. The van der Waals surface area contributed by atoms with Crippen LogP contribution in [0.3, 0.4) is 0 Å². The van der Waals surface area contributed by atoms with Gasteiger partial charge < -0.3 is 5.32 Å². The summed E-state index contributed by atoms with van der Waals surface area (Å²) in [5.74, 6) is 0. The standard InChI is InChI=1S/C6H12N4.ClH/c7-10-9-5-6-3-1-2-4-8-6;/h6,8H,1-5H2;1H. The molecule has 1 saturated heterocycles. The van der Waals surface area contributed by atoms with E-state index in [9.17, 15) is 0 Å². The van der Waals surface area contributed by atoms with Crippen LogP contribution in [-0.2, 0) is 0 Å². The zero-order valence-corrected chi connectivity index (χ0v) is 7.18. The van der Waals surface area contributed by atoms with Gasteiger partial charge in [0.1, 0.15) is 0 Å². The fourth-order valence-electron chi connectivity index (χ4n) is 1.21. The molecule has 0 radical (unpaired) electrons. The zero-order valence-electron chi connectivity index (χ0n) is 6.36. The van der Waals surface area contributed by atoms with Crippen molar-refractivity contribution in [2.24, 2.45) is 5.11 Å². The molecule has 64 valence electrons. The Morgan fingerprint density at radius 1 is 1.55 bits per heavy atom. The van der Waals surface area contributed by atoms with Crippen LogP contribution in [0.4, 0.5) is 0 Å². The van der Waals surface area contributed by atoms with Crippen molar-refractivity contribution in [2.45, 2.75) is 25.3 Å². The van der Waals surface area contributed by atoms with Gasteiger partial charge in [0.15, 0.2) is 0 Å². The smallest absolute Gasteiger partial charge is 0.0412 e. The Balaban J connectivity index is 0.000001000. The van der Waals surface area contributed by atoms with Crippen LogP contribution >= 0.6 is 12.4 Å². The van der Waals surface area contributed by atoms with Crippen molar-refractivity contribution in [3.63, 3.8) is 0 Å². The van der Waals surface area contributed by atoms with Crippen molar-refractivity contribution < 1.29 is 0 Å². The number of rotatable bonds is 2. The molecule has 1 aliphatic rings. The van der Waals surface area contributed by atoms with Gasteiger partial charge in [-0.25, -0.2) is 0 Å². The molecule has 0 aromatic rings. The molecule has 1 rings (SSSR count). The average molecular weight is 177 g/mol. The average Bonchev–Trinajstić information content (AvgIpc) is 2.03. The molecule has 0 aromatic heterocycles. The lowest BCUT2D eigenvalue weighted by molar-refractivity contribution is 0.407. The number of hydrogen-bond donors (Lipinski definition) is 1. The zero-order chi connectivity index (χ0) is 7.23. The van der Waals surface area contributed by atoms with E-state index in [-0.39, 0.29) is 12.4 Å². The molecule has 5 heteroatoms. The highest BCUT2D eigenvalue weighted by atomic mass is 35.5. The van der Waals surface area contributed by atoms with E-state index in [0.717, 1.165) is 13.0 Å². The summed E-state index contributed by atoms with van der Waals surface area (Å²) in [5, 5.41) is 6.80. The molecule has 0 aromatic carbocycles.